The van der Waals surface area contributed by atoms with Crippen molar-refractivity contribution in [3.05, 3.63) is 0 Å². The summed E-state index contributed by atoms with van der Waals surface area (Å²) < 4.78 is 59.0. The Bertz CT molecular complexity index is 1070. The molecule has 0 bridgehead atoms. The van der Waals surface area contributed by atoms with E-state index in [0.717, 1.165) is 148 Å². The second-order valence-electron chi connectivity index (χ2n) is 19.6. The van der Waals surface area contributed by atoms with Crippen LogP contribution in [0.1, 0.15) is 212 Å². The molecule has 362 valence electrons. The Morgan fingerprint density at radius 1 is 0.410 bits per heavy atom. The molecular formula is C52H100O9. The fourth-order valence-electron chi connectivity index (χ4n) is 9.87. The van der Waals surface area contributed by atoms with E-state index in [9.17, 15) is 0 Å². The van der Waals surface area contributed by atoms with Gasteiger partial charge in [0.1, 0.15) is 0 Å². The molecule has 0 aromatic carbocycles. The van der Waals surface area contributed by atoms with Crippen molar-refractivity contribution in [2.45, 2.75) is 264 Å². The number of hydrogen-bond donors (Lipinski definition) is 0. The summed E-state index contributed by atoms with van der Waals surface area (Å²) in [7, 11) is 0. The number of rotatable bonds is 41. The zero-order valence-corrected chi connectivity index (χ0v) is 42.4. The highest BCUT2D eigenvalue weighted by atomic mass is 16.6. The third-order valence-corrected chi connectivity index (χ3v) is 16.5. The van der Waals surface area contributed by atoms with E-state index in [1.54, 1.807) is 0 Å². The third kappa shape index (κ3) is 17.1. The monoisotopic (exact) mass is 869 g/mol. The summed E-state index contributed by atoms with van der Waals surface area (Å²) in [6.45, 7) is 36.0. The summed E-state index contributed by atoms with van der Waals surface area (Å²) in [6, 6.07) is 0. The molecule has 3 saturated heterocycles. The Balaban J connectivity index is 1.80. The molecule has 3 heterocycles. The van der Waals surface area contributed by atoms with Crippen LogP contribution in [-0.2, 0) is 42.6 Å². The molecular weight excluding hydrogens is 769 g/mol. The topological polar surface area (TPSA) is 93.0 Å². The summed E-state index contributed by atoms with van der Waals surface area (Å²) in [5, 5.41) is 0. The summed E-state index contributed by atoms with van der Waals surface area (Å²) in [6.07, 6.45) is 19.5. The predicted molar refractivity (Wildman–Crippen MR) is 250 cm³/mol. The fourth-order valence-corrected chi connectivity index (χ4v) is 9.87. The van der Waals surface area contributed by atoms with E-state index < -0.39 is 0 Å². The van der Waals surface area contributed by atoms with Crippen molar-refractivity contribution in [2.75, 3.05) is 59.5 Å². The summed E-state index contributed by atoms with van der Waals surface area (Å²) in [4.78, 5) is 0. The standard InChI is InChI=1S/C52H100O9/c1-14-42(27-30-57-50(21-8,22-9)33-43-36-53-43)46(15-2)56-39-47(16-3,40-60-48(17-4,18-5)28-31-58-51(23-10,24-11)34-44-37-54-44)41-61-49(19-6,20-7)29-32-59-52(25-12,26-13)35-45-38-55-45/h42-46H,14-41H2,1-13H3. The number of epoxide rings is 3. The Kier molecular flexibility index (Phi) is 24.1. The average molecular weight is 869 g/mol. The van der Waals surface area contributed by atoms with Crippen molar-refractivity contribution in [3.8, 4) is 0 Å². The highest BCUT2D eigenvalue weighted by Gasteiger charge is 2.42. The van der Waals surface area contributed by atoms with Gasteiger partial charge in [-0.05, 0) is 102 Å². The quantitative estimate of drug-likeness (QED) is 0.0557. The smallest absolute Gasteiger partial charge is 0.0837 e. The molecule has 61 heavy (non-hydrogen) atoms. The minimum Gasteiger partial charge on any atom is -0.377 e. The lowest BCUT2D eigenvalue weighted by Gasteiger charge is -2.43. The Morgan fingerprint density at radius 3 is 1.03 bits per heavy atom. The van der Waals surface area contributed by atoms with Gasteiger partial charge < -0.3 is 42.6 Å². The van der Waals surface area contributed by atoms with Crippen LogP contribution in [0.2, 0.25) is 0 Å². The predicted octanol–water partition coefficient (Wildman–Crippen LogP) is 12.6. The first-order chi connectivity index (χ1) is 29.3. The minimum atomic E-state index is -0.321. The van der Waals surface area contributed by atoms with Crippen molar-refractivity contribution >= 4 is 0 Å². The van der Waals surface area contributed by atoms with Crippen LogP contribution in [-0.4, -0.2) is 112 Å². The van der Waals surface area contributed by atoms with Crippen LogP contribution < -0.4 is 0 Å². The van der Waals surface area contributed by atoms with Gasteiger partial charge in [0.2, 0.25) is 0 Å². The van der Waals surface area contributed by atoms with Gasteiger partial charge in [-0.25, -0.2) is 0 Å². The van der Waals surface area contributed by atoms with Crippen LogP contribution >= 0.6 is 0 Å². The van der Waals surface area contributed by atoms with Gasteiger partial charge >= 0.3 is 0 Å². The first-order valence-corrected chi connectivity index (χ1v) is 26.0. The van der Waals surface area contributed by atoms with E-state index >= 15 is 0 Å². The number of ether oxygens (including phenoxy) is 9. The largest absolute Gasteiger partial charge is 0.377 e. The van der Waals surface area contributed by atoms with E-state index in [2.05, 4.69) is 90.0 Å². The summed E-state index contributed by atoms with van der Waals surface area (Å²) in [5.74, 6) is 0.409. The molecule has 3 fully saturated rings. The van der Waals surface area contributed by atoms with Gasteiger partial charge in [-0.3, -0.25) is 0 Å². The SMILES string of the molecule is CCC(CCOC(CC)(CC)CC1CO1)C(CC)OCC(CC)(COC(CC)(CC)CCOC(CC)(CC)CC1CO1)COC(CC)(CC)CCOC(CC)(CC)CC1CO1. The van der Waals surface area contributed by atoms with Gasteiger partial charge in [0.15, 0.2) is 0 Å². The maximum Gasteiger partial charge on any atom is 0.0837 e. The molecule has 5 atom stereocenters. The van der Waals surface area contributed by atoms with Gasteiger partial charge in [0, 0.05) is 31.3 Å². The van der Waals surface area contributed by atoms with Crippen molar-refractivity contribution in [3.63, 3.8) is 0 Å². The molecule has 0 saturated carbocycles. The molecule has 0 spiro atoms. The van der Waals surface area contributed by atoms with Crippen LogP contribution in [0.4, 0.5) is 0 Å². The lowest BCUT2D eigenvalue weighted by molar-refractivity contribution is -0.178. The lowest BCUT2D eigenvalue weighted by atomic mass is 9.85. The molecule has 0 N–H and O–H groups in total. The van der Waals surface area contributed by atoms with Crippen molar-refractivity contribution in [1.29, 1.82) is 0 Å². The zero-order valence-electron chi connectivity index (χ0n) is 42.4. The molecule has 0 aromatic rings. The van der Waals surface area contributed by atoms with Crippen LogP contribution in [0, 0.1) is 11.3 Å². The normalized spacial score (nSPS) is 21.7. The molecule has 3 aliphatic heterocycles. The Hall–Kier alpha value is -0.360. The molecule has 0 aliphatic carbocycles. The van der Waals surface area contributed by atoms with Crippen molar-refractivity contribution in [1.82, 2.24) is 0 Å². The first-order valence-electron chi connectivity index (χ1n) is 26.0. The highest BCUT2D eigenvalue weighted by molar-refractivity contribution is 4.91. The van der Waals surface area contributed by atoms with Crippen LogP contribution in [0.15, 0.2) is 0 Å². The summed E-state index contributed by atoms with van der Waals surface area (Å²) in [5.41, 5.74) is -1.26. The molecule has 0 amide bonds. The van der Waals surface area contributed by atoms with Crippen molar-refractivity contribution < 1.29 is 42.6 Å². The van der Waals surface area contributed by atoms with E-state index in [1.807, 2.05) is 0 Å². The zero-order chi connectivity index (χ0) is 45.0. The second-order valence-corrected chi connectivity index (χ2v) is 19.6. The number of hydrogen-bond acceptors (Lipinski definition) is 9. The van der Waals surface area contributed by atoms with E-state index in [1.165, 1.54) is 0 Å². The maximum absolute atomic E-state index is 7.28. The van der Waals surface area contributed by atoms with E-state index in [4.69, 9.17) is 42.6 Å². The fraction of sp³-hybridized carbons (Fsp3) is 1.00. The van der Waals surface area contributed by atoms with Gasteiger partial charge in [-0.2, -0.15) is 0 Å². The average Bonchev–Trinajstić information content (AvgIpc) is 4.16. The molecule has 3 aliphatic rings. The Labute approximate surface area is 376 Å². The van der Waals surface area contributed by atoms with Crippen LogP contribution in [0.5, 0.6) is 0 Å². The molecule has 0 radical (unpaired) electrons. The van der Waals surface area contributed by atoms with Crippen LogP contribution in [0.25, 0.3) is 0 Å². The van der Waals surface area contributed by atoms with Gasteiger partial charge in [0.05, 0.1) is 105 Å². The molecule has 9 heteroatoms. The van der Waals surface area contributed by atoms with E-state index in [0.29, 0.717) is 57.3 Å². The van der Waals surface area contributed by atoms with Crippen LogP contribution in [0.3, 0.4) is 0 Å². The van der Waals surface area contributed by atoms with Gasteiger partial charge in [-0.15, -0.1) is 0 Å². The highest BCUT2D eigenvalue weighted by Crippen LogP contribution is 2.39. The summed E-state index contributed by atoms with van der Waals surface area (Å²) >= 11 is 0. The lowest BCUT2D eigenvalue weighted by Crippen LogP contribution is -2.46. The second kappa shape index (κ2) is 26.7. The van der Waals surface area contributed by atoms with Crippen molar-refractivity contribution in [2.24, 2.45) is 11.3 Å². The maximum atomic E-state index is 7.28. The minimum absolute atomic E-state index is 0.0966. The van der Waals surface area contributed by atoms with Gasteiger partial charge in [0.25, 0.3) is 0 Å². The van der Waals surface area contributed by atoms with Gasteiger partial charge in [-0.1, -0.05) is 96.4 Å². The molecule has 0 aromatic heterocycles. The molecule has 3 rings (SSSR count). The Morgan fingerprint density at radius 2 is 0.754 bits per heavy atom. The first kappa shape index (κ1) is 55.0. The van der Waals surface area contributed by atoms with E-state index in [-0.39, 0.29) is 39.5 Å². The molecule has 9 nitrogen and oxygen atoms in total. The third-order valence-electron chi connectivity index (χ3n) is 16.5. The molecule has 5 unspecified atom stereocenters.